The molecule has 0 bridgehead atoms. The molecule has 0 aromatic heterocycles. The van der Waals surface area contributed by atoms with Crippen LogP contribution in [0.1, 0.15) is 32.3 Å². The lowest BCUT2D eigenvalue weighted by molar-refractivity contribution is 0.0485. The second-order valence-electron chi connectivity index (χ2n) is 4.55. The summed E-state index contributed by atoms with van der Waals surface area (Å²) < 4.78 is 0. The highest BCUT2D eigenvalue weighted by molar-refractivity contribution is 5.86. The van der Waals surface area contributed by atoms with Gasteiger partial charge in [0.2, 0.25) is 0 Å². The first-order valence-electron chi connectivity index (χ1n) is 5.86. The quantitative estimate of drug-likeness (QED) is 0.822. The van der Waals surface area contributed by atoms with E-state index in [2.05, 4.69) is 25.1 Å². The van der Waals surface area contributed by atoms with Crippen LogP contribution >= 0.6 is 0 Å². The van der Waals surface area contributed by atoms with Crippen molar-refractivity contribution in [2.24, 2.45) is 0 Å². The predicted molar refractivity (Wildman–Crippen MR) is 68.4 cm³/mol. The van der Waals surface area contributed by atoms with Crippen molar-refractivity contribution < 1.29 is 5.11 Å². The van der Waals surface area contributed by atoms with E-state index in [1.165, 1.54) is 5.39 Å². The minimum absolute atomic E-state index is 0.727. The second-order valence-corrected chi connectivity index (χ2v) is 4.55. The third-order valence-electron chi connectivity index (χ3n) is 3.11. The summed E-state index contributed by atoms with van der Waals surface area (Å²) in [6.45, 7) is 4.00. The van der Waals surface area contributed by atoms with E-state index >= 15 is 0 Å². The standard InChI is InChI=1S/C15H18O/c1-3-11-15(2,16)14-10-6-8-12-7-4-5-9-13(12)14/h4-10,16H,3,11H2,1-2H3/t15-/m0/s1. The van der Waals surface area contributed by atoms with Crippen LogP contribution in [0, 0.1) is 0 Å². The lowest BCUT2D eigenvalue weighted by atomic mass is 9.88. The first-order chi connectivity index (χ1) is 7.65. The first kappa shape index (κ1) is 11.2. The molecular weight excluding hydrogens is 196 g/mol. The van der Waals surface area contributed by atoms with E-state index in [0.29, 0.717) is 0 Å². The average Bonchev–Trinajstić information content (AvgIpc) is 2.28. The molecule has 0 saturated carbocycles. The monoisotopic (exact) mass is 214 g/mol. The molecule has 0 aliphatic rings. The van der Waals surface area contributed by atoms with Crippen LogP contribution in [0.2, 0.25) is 0 Å². The topological polar surface area (TPSA) is 20.2 Å². The van der Waals surface area contributed by atoms with Crippen molar-refractivity contribution in [3.8, 4) is 0 Å². The average molecular weight is 214 g/mol. The molecule has 0 unspecified atom stereocenters. The van der Waals surface area contributed by atoms with Gasteiger partial charge in [0.05, 0.1) is 5.60 Å². The maximum Gasteiger partial charge on any atom is 0.0874 e. The lowest BCUT2D eigenvalue weighted by Crippen LogP contribution is -2.20. The van der Waals surface area contributed by atoms with Gasteiger partial charge >= 0.3 is 0 Å². The minimum Gasteiger partial charge on any atom is -0.385 e. The van der Waals surface area contributed by atoms with Gasteiger partial charge in [-0.3, -0.25) is 0 Å². The van der Waals surface area contributed by atoms with E-state index in [1.54, 1.807) is 0 Å². The van der Waals surface area contributed by atoms with Gasteiger partial charge in [0, 0.05) is 0 Å². The molecule has 16 heavy (non-hydrogen) atoms. The van der Waals surface area contributed by atoms with Crippen LogP contribution in [0.4, 0.5) is 0 Å². The fourth-order valence-electron chi connectivity index (χ4n) is 2.32. The normalized spacial score (nSPS) is 14.9. The zero-order chi connectivity index (χ0) is 11.6. The number of benzene rings is 2. The smallest absolute Gasteiger partial charge is 0.0874 e. The molecule has 2 rings (SSSR count). The first-order valence-corrected chi connectivity index (χ1v) is 5.86. The molecule has 0 aliphatic heterocycles. The SMILES string of the molecule is CCC[C@](C)(O)c1cccc2ccccc12. The summed E-state index contributed by atoms with van der Waals surface area (Å²) in [7, 11) is 0. The van der Waals surface area contributed by atoms with Crippen LogP contribution in [0.15, 0.2) is 42.5 Å². The molecule has 1 N–H and O–H groups in total. The molecule has 1 atom stereocenters. The van der Waals surface area contributed by atoms with Crippen molar-refractivity contribution in [3.63, 3.8) is 0 Å². The van der Waals surface area contributed by atoms with Crippen LogP contribution < -0.4 is 0 Å². The maximum atomic E-state index is 10.5. The van der Waals surface area contributed by atoms with Crippen molar-refractivity contribution in [2.75, 3.05) is 0 Å². The number of hydrogen-bond donors (Lipinski definition) is 1. The third kappa shape index (κ3) is 1.96. The number of rotatable bonds is 3. The number of fused-ring (bicyclic) bond motifs is 1. The summed E-state index contributed by atoms with van der Waals surface area (Å²) in [6.07, 6.45) is 1.78. The molecule has 0 fully saturated rings. The zero-order valence-corrected chi connectivity index (χ0v) is 9.90. The summed E-state index contributed by atoms with van der Waals surface area (Å²) in [5.41, 5.74) is 0.308. The molecule has 1 nitrogen and oxygen atoms in total. The Kier molecular flexibility index (Phi) is 2.97. The van der Waals surface area contributed by atoms with Gasteiger partial charge in [-0.2, -0.15) is 0 Å². The van der Waals surface area contributed by atoms with E-state index in [4.69, 9.17) is 0 Å². The van der Waals surface area contributed by atoms with Gasteiger partial charge in [0.1, 0.15) is 0 Å². The van der Waals surface area contributed by atoms with Crippen LogP contribution in [0.3, 0.4) is 0 Å². The Bertz CT molecular complexity index is 480. The molecule has 84 valence electrons. The molecule has 0 saturated heterocycles. The summed E-state index contributed by atoms with van der Waals surface area (Å²) in [5, 5.41) is 12.8. The van der Waals surface area contributed by atoms with E-state index in [-0.39, 0.29) is 0 Å². The van der Waals surface area contributed by atoms with Crippen LogP contribution in [-0.2, 0) is 5.60 Å². The van der Waals surface area contributed by atoms with Crippen molar-refractivity contribution in [3.05, 3.63) is 48.0 Å². The largest absolute Gasteiger partial charge is 0.385 e. The highest BCUT2D eigenvalue weighted by Crippen LogP contribution is 2.31. The highest BCUT2D eigenvalue weighted by Gasteiger charge is 2.23. The fourth-order valence-corrected chi connectivity index (χ4v) is 2.32. The molecule has 0 spiro atoms. The lowest BCUT2D eigenvalue weighted by Gasteiger charge is -2.24. The van der Waals surface area contributed by atoms with Gasteiger partial charge in [-0.15, -0.1) is 0 Å². The van der Waals surface area contributed by atoms with Gasteiger partial charge in [0.15, 0.2) is 0 Å². The maximum absolute atomic E-state index is 10.5. The Morgan fingerprint density at radius 3 is 2.50 bits per heavy atom. The van der Waals surface area contributed by atoms with Crippen molar-refractivity contribution >= 4 is 10.8 Å². The molecule has 0 heterocycles. The van der Waals surface area contributed by atoms with E-state index < -0.39 is 5.60 Å². The minimum atomic E-state index is -0.727. The highest BCUT2D eigenvalue weighted by atomic mass is 16.3. The molecule has 1 heteroatoms. The summed E-state index contributed by atoms with van der Waals surface area (Å²) in [4.78, 5) is 0. The van der Waals surface area contributed by atoms with Crippen LogP contribution in [0.25, 0.3) is 10.8 Å². The number of hydrogen-bond acceptors (Lipinski definition) is 1. The molecule has 2 aromatic rings. The van der Waals surface area contributed by atoms with E-state index in [1.807, 2.05) is 31.2 Å². The van der Waals surface area contributed by atoms with Gasteiger partial charge in [-0.05, 0) is 29.7 Å². The van der Waals surface area contributed by atoms with Crippen molar-refractivity contribution in [1.29, 1.82) is 0 Å². The van der Waals surface area contributed by atoms with Crippen molar-refractivity contribution in [1.82, 2.24) is 0 Å². The Labute approximate surface area is 96.7 Å². The molecule has 2 aromatic carbocycles. The third-order valence-corrected chi connectivity index (χ3v) is 3.11. The molecule has 0 amide bonds. The molecular formula is C15H18O. The van der Waals surface area contributed by atoms with Crippen LogP contribution in [-0.4, -0.2) is 5.11 Å². The fraction of sp³-hybridized carbons (Fsp3) is 0.333. The van der Waals surface area contributed by atoms with Crippen molar-refractivity contribution in [2.45, 2.75) is 32.3 Å². The van der Waals surface area contributed by atoms with Gasteiger partial charge in [-0.1, -0.05) is 55.8 Å². The molecule has 0 aliphatic carbocycles. The Hall–Kier alpha value is -1.34. The van der Waals surface area contributed by atoms with Gasteiger partial charge < -0.3 is 5.11 Å². The second kappa shape index (κ2) is 4.26. The Morgan fingerprint density at radius 2 is 1.75 bits per heavy atom. The zero-order valence-electron chi connectivity index (χ0n) is 9.90. The summed E-state index contributed by atoms with van der Waals surface area (Å²) in [5.74, 6) is 0. The van der Waals surface area contributed by atoms with Gasteiger partial charge in [-0.25, -0.2) is 0 Å². The summed E-state index contributed by atoms with van der Waals surface area (Å²) in [6, 6.07) is 14.3. The van der Waals surface area contributed by atoms with E-state index in [0.717, 1.165) is 23.8 Å². The Morgan fingerprint density at radius 1 is 1.06 bits per heavy atom. The number of aliphatic hydroxyl groups is 1. The predicted octanol–water partition coefficient (Wildman–Crippen LogP) is 3.85. The van der Waals surface area contributed by atoms with Gasteiger partial charge in [0.25, 0.3) is 0 Å². The summed E-state index contributed by atoms with van der Waals surface area (Å²) >= 11 is 0. The Balaban J connectivity index is 2.60. The molecule has 0 radical (unpaired) electrons. The van der Waals surface area contributed by atoms with E-state index in [9.17, 15) is 5.11 Å². The van der Waals surface area contributed by atoms with Crippen LogP contribution in [0.5, 0.6) is 0 Å².